The number of alkyl halides is 3. The largest absolute Gasteiger partial charge is 0.416 e. The molecule has 4 nitrogen and oxygen atoms in total. The molecule has 2 aromatic carbocycles. The smallest absolute Gasteiger partial charge is 0.387 e. The summed E-state index contributed by atoms with van der Waals surface area (Å²) in [6.45, 7) is 0.365. The number of para-hydroxylation sites is 1. The lowest BCUT2D eigenvalue weighted by atomic mass is 10.1. The highest BCUT2D eigenvalue weighted by Crippen LogP contribution is 2.31. The number of anilines is 1. The molecule has 0 fully saturated rings. The molecule has 1 aliphatic rings. The predicted molar refractivity (Wildman–Crippen MR) is 87.3 cm³/mol. The van der Waals surface area contributed by atoms with Crippen molar-refractivity contribution in [2.45, 2.75) is 18.7 Å². The van der Waals surface area contributed by atoms with Crippen LogP contribution in [-0.4, -0.2) is 24.2 Å². The summed E-state index contributed by atoms with van der Waals surface area (Å²) in [5, 5.41) is 12.7. The zero-order chi connectivity index (χ0) is 18.0. The molecule has 2 N–H and O–H groups in total. The van der Waals surface area contributed by atoms with Gasteiger partial charge in [-0.3, -0.25) is 4.90 Å². The number of aliphatic hydroxyl groups excluding tert-OH is 1. The Hall–Kier alpha value is -2.54. The number of benzene rings is 2. The van der Waals surface area contributed by atoms with E-state index in [1.165, 1.54) is 12.1 Å². The fourth-order valence-electron chi connectivity index (χ4n) is 2.87. The third-order valence-electron chi connectivity index (χ3n) is 4.18. The minimum Gasteiger partial charge on any atom is -0.387 e. The van der Waals surface area contributed by atoms with Crippen LogP contribution in [0.4, 0.5) is 23.7 Å². The van der Waals surface area contributed by atoms with E-state index in [0.29, 0.717) is 6.54 Å². The van der Waals surface area contributed by atoms with E-state index in [1.54, 1.807) is 4.90 Å². The van der Waals surface area contributed by atoms with Crippen molar-refractivity contribution in [3.05, 3.63) is 65.2 Å². The standard InChI is InChI=1S/C18H17F3N2O2/c19-18(20,21)14-6-3-5-13(10-14)16(24)11-22-17(25)23-9-8-12-4-1-2-7-15(12)23/h1-7,10,16,24H,8-9,11H2,(H,22,25). The lowest BCUT2D eigenvalue weighted by molar-refractivity contribution is -0.137. The van der Waals surface area contributed by atoms with Gasteiger partial charge in [-0.1, -0.05) is 30.3 Å². The van der Waals surface area contributed by atoms with Crippen LogP contribution in [0.25, 0.3) is 0 Å². The van der Waals surface area contributed by atoms with Crippen LogP contribution in [0.2, 0.25) is 0 Å². The van der Waals surface area contributed by atoms with Crippen LogP contribution in [0.5, 0.6) is 0 Å². The van der Waals surface area contributed by atoms with Crippen LogP contribution < -0.4 is 10.2 Å². The molecule has 0 spiro atoms. The number of rotatable bonds is 3. The van der Waals surface area contributed by atoms with E-state index >= 15 is 0 Å². The van der Waals surface area contributed by atoms with Crippen LogP contribution >= 0.6 is 0 Å². The zero-order valence-corrected chi connectivity index (χ0v) is 13.3. The minimum absolute atomic E-state index is 0.108. The molecule has 132 valence electrons. The van der Waals surface area contributed by atoms with Crippen LogP contribution in [0.1, 0.15) is 22.8 Å². The molecule has 0 saturated carbocycles. The molecule has 1 aliphatic heterocycles. The number of hydrogen-bond donors (Lipinski definition) is 2. The van der Waals surface area contributed by atoms with Crippen molar-refractivity contribution < 1.29 is 23.1 Å². The Balaban J connectivity index is 1.63. The van der Waals surface area contributed by atoms with Crippen molar-refractivity contribution in [2.75, 3.05) is 18.0 Å². The summed E-state index contributed by atoms with van der Waals surface area (Å²) in [6, 6.07) is 11.6. The minimum atomic E-state index is -4.47. The van der Waals surface area contributed by atoms with Gasteiger partial charge in [0.1, 0.15) is 0 Å². The fourth-order valence-corrected chi connectivity index (χ4v) is 2.87. The van der Waals surface area contributed by atoms with Gasteiger partial charge >= 0.3 is 12.2 Å². The molecule has 0 aliphatic carbocycles. The molecule has 25 heavy (non-hydrogen) atoms. The molecule has 1 heterocycles. The number of halogens is 3. The molecule has 3 rings (SSSR count). The molecular weight excluding hydrogens is 333 g/mol. The summed E-state index contributed by atoms with van der Waals surface area (Å²) >= 11 is 0. The number of aliphatic hydroxyl groups is 1. The first-order valence-electron chi connectivity index (χ1n) is 7.85. The molecule has 0 bridgehead atoms. The average molecular weight is 350 g/mol. The molecule has 1 atom stereocenters. The Morgan fingerprint density at radius 3 is 2.72 bits per heavy atom. The Labute approximate surface area is 142 Å². The summed E-state index contributed by atoms with van der Waals surface area (Å²) in [6.07, 6.45) is -4.94. The van der Waals surface area contributed by atoms with Crippen LogP contribution in [0.15, 0.2) is 48.5 Å². The number of hydrogen-bond acceptors (Lipinski definition) is 2. The van der Waals surface area contributed by atoms with Gasteiger partial charge in [0, 0.05) is 18.8 Å². The number of amides is 2. The van der Waals surface area contributed by atoms with Crippen LogP contribution in [0.3, 0.4) is 0 Å². The number of nitrogens with zero attached hydrogens (tertiary/aromatic N) is 1. The maximum absolute atomic E-state index is 12.7. The molecular formula is C18H17F3N2O2. The van der Waals surface area contributed by atoms with E-state index in [4.69, 9.17) is 0 Å². The lowest BCUT2D eigenvalue weighted by Crippen LogP contribution is -2.40. The molecule has 0 aromatic heterocycles. The van der Waals surface area contributed by atoms with Gasteiger partial charge in [-0.05, 0) is 35.7 Å². The third kappa shape index (κ3) is 3.76. The van der Waals surface area contributed by atoms with Crippen molar-refractivity contribution in [3.63, 3.8) is 0 Å². The third-order valence-corrected chi connectivity index (χ3v) is 4.18. The Morgan fingerprint density at radius 1 is 1.20 bits per heavy atom. The highest BCUT2D eigenvalue weighted by atomic mass is 19.4. The second-order valence-corrected chi connectivity index (χ2v) is 5.86. The molecule has 0 radical (unpaired) electrons. The average Bonchev–Trinajstić information content (AvgIpc) is 3.03. The summed E-state index contributed by atoms with van der Waals surface area (Å²) in [5.74, 6) is 0. The summed E-state index contributed by atoms with van der Waals surface area (Å²) < 4.78 is 38.2. The maximum Gasteiger partial charge on any atom is 0.416 e. The number of urea groups is 1. The van der Waals surface area contributed by atoms with Gasteiger partial charge in [0.05, 0.1) is 11.7 Å². The first-order chi connectivity index (χ1) is 11.9. The lowest BCUT2D eigenvalue weighted by Gasteiger charge is -2.20. The Bertz CT molecular complexity index is 777. The van der Waals surface area contributed by atoms with Crippen LogP contribution in [0, 0.1) is 0 Å². The fraction of sp³-hybridized carbons (Fsp3) is 0.278. The van der Waals surface area contributed by atoms with Gasteiger partial charge in [0.25, 0.3) is 0 Å². The maximum atomic E-state index is 12.7. The second kappa shape index (κ2) is 6.76. The van der Waals surface area contributed by atoms with Gasteiger partial charge in [0.2, 0.25) is 0 Å². The van der Waals surface area contributed by atoms with Crippen molar-refractivity contribution in [1.82, 2.24) is 5.32 Å². The van der Waals surface area contributed by atoms with Crippen molar-refractivity contribution in [2.24, 2.45) is 0 Å². The molecule has 7 heteroatoms. The van der Waals surface area contributed by atoms with E-state index in [0.717, 1.165) is 29.8 Å². The van der Waals surface area contributed by atoms with Gasteiger partial charge < -0.3 is 10.4 Å². The SMILES string of the molecule is O=C(NCC(O)c1cccc(C(F)(F)F)c1)N1CCc2ccccc21. The van der Waals surface area contributed by atoms with Crippen LogP contribution in [-0.2, 0) is 12.6 Å². The van der Waals surface area contributed by atoms with Gasteiger partial charge in [-0.25, -0.2) is 4.79 Å². The first-order valence-corrected chi connectivity index (χ1v) is 7.85. The van der Waals surface area contributed by atoms with Gasteiger partial charge in [-0.2, -0.15) is 13.2 Å². The predicted octanol–water partition coefficient (Wildman–Crippen LogP) is 3.51. The van der Waals surface area contributed by atoms with Crippen molar-refractivity contribution >= 4 is 11.7 Å². The molecule has 2 amide bonds. The van der Waals surface area contributed by atoms with Crippen molar-refractivity contribution in [3.8, 4) is 0 Å². The second-order valence-electron chi connectivity index (χ2n) is 5.86. The number of carbonyl (C=O) groups excluding carboxylic acids is 1. The van der Waals surface area contributed by atoms with E-state index < -0.39 is 17.8 Å². The summed E-state index contributed by atoms with van der Waals surface area (Å²) in [5.41, 5.74) is 1.16. The number of nitrogens with one attached hydrogen (secondary N) is 1. The molecule has 2 aromatic rings. The summed E-state index contributed by atoms with van der Waals surface area (Å²) in [7, 11) is 0. The van der Waals surface area contributed by atoms with Gasteiger partial charge in [0.15, 0.2) is 0 Å². The quantitative estimate of drug-likeness (QED) is 0.890. The Kier molecular flexibility index (Phi) is 4.67. The first kappa shape index (κ1) is 17.3. The van der Waals surface area contributed by atoms with E-state index in [2.05, 4.69) is 5.32 Å². The van der Waals surface area contributed by atoms with Gasteiger partial charge in [-0.15, -0.1) is 0 Å². The zero-order valence-electron chi connectivity index (χ0n) is 13.3. The van der Waals surface area contributed by atoms with Crippen molar-refractivity contribution in [1.29, 1.82) is 0 Å². The number of fused-ring (bicyclic) bond motifs is 1. The highest BCUT2D eigenvalue weighted by molar-refractivity contribution is 5.94. The molecule has 0 saturated heterocycles. The van der Waals surface area contributed by atoms with E-state index in [-0.39, 0.29) is 18.1 Å². The van der Waals surface area contributed by atoms with E-state index in [9.17, 15) is 23.1 Å². The Morgan fingerprint density at radius 2 is 1.96 bits per heavy atom. The highest BCUT2D eigenvalue weighted by Gasteiger charge is 2.31. The normalized spacial score (nSPS) is 15.0. The van der Waals surface area contributed by atoms with E-state index in [1.807, 2.05) is 24.3 Å². The molecule has 1 unspecified atom stereocenters. The topological polar surface area (TPSA) is 52.6 Å². The monoisotopic (exact) mass is 350 g/mol. The summed E-state index contributed by atoms with van der Waals surface area (Å²) in [4.78, 5) is 13.9. The number of carbonyl (C=O) groups is 1.